The maximum Gasteiger partial charge on any atom is 0.332 e. The Labute approximate surface area is 158 Å². The van der Waals surface area contributed by atoms with Crippen LogP contribution in [0, 0.1) is 12.8 Å². The summed E-state index contributed by atoms with van der Waals surface area (Å²) in [4.78, 5) is 24.8. The molecule has 0 fully saturated rings. The normalized spacial score (nSPS) is 14.3. The zero-order chi connectivity index (χ0) is 19.4. The third kappa shape index (κ3) is 6.15. The van der Waals surface area contributed by atoms with Gasteiger partial charge >= 0.3 is 5.97 Å². The van der Waals surface area contributed by atoms with Crippen molar-refractivity contribution in [2.45, 2.75) is 78.2 Å². The molecule has 0 radical (unpaired) electrons. The molecule has 146 valence electrons. The van der Waals surface area contributed by atoms with Gasteiger partial charge in [-0.3, -0.25) is 0 Å². The van der Waals surface area contributed by atoms with Crippen LogP contribution in [0.3, 0.4) is 0 Å². The number of aldehydes is 1. The molecule has 0 aliphatic rings. The van der Waals surface area contributed by atoms with Gasteiger partial charge in [-0.1, -0.05) is 63.6 Å². The van der Waals surface area contributed by atoms with Crippen molar-refractivity contribution in [2.75, 3.05) is 11.9 Å². The van der Waals surface area contributed by atoms with E-state index in [0.29, 0.717) is 19.4 Å². The van der Waals surface area contributed by atoms with Crippen molar-refractivity contribution in [3.8, 4) is 0 Å². The van der Waals surface area contributed by atoms with Gasteiger partial charge in [-0.25, -0.2) is 4.79 Å². The van der Waals surface area contributed by atoms with Crippen LogP contribution in [0.5, 0.6) is 0 Å². The Hall–Kier alpha value is -1.84. The van der Waals surface area contributed by atoms with Gasteiger partial charge in [-0.15, -0.1) is 0 Å². The Balaban J connectivity index is 3.00. The second kappa shape index (κ2) is 11.7. The van der Waals surface area contributed by atoms with Crippen molar-refractivity contribution < 1.29 is 14.3 Å². The SMILES string of the molecule is CCCCCCC[C@H](C=O)[C@](CC)(Nc1ccc(C)cc1)C(=O)OCC. The van der Waals surface area contributed by atoms with E-state index in [4.69, 9.17) is 4.74 Å². The first-order valence-electron chi connectivity index (χ1n) is 10.0. The number of carbonyl (C=O) groups is 2. The molecule has 4 nitrogen and oxygen atoms in total. The highest BCUT2D eigenvalue weighted by Gasteiger charge is 2.45. The molecule has 4 heteroatoms. The monoisotopic (exact) mass is 361 g/mol. The van der Waals surface area contributed by atoms with Crippen LogP contribution in [0.4, 0.5) is 5.69 Å². The molecule has 0 aliphatic heterocycles. The summed E-state index contributed by atoms with van der Waals surface area (Å²) < 4.78 is 5.36. The van der Waals surface area contributed by atoms with Gasteiger partial charge in [0.2, 0.25) is 0 Å². The Morgan fingerprint density at radius 1 is 1.12 bits per heavy atom. The minimum absolute atomic E-state index is 0.304. The van der Waals surface area contributed by atoms with Crippen LogP contribution in [-0.2, 0) is 14.3 Å². The molecule has 0 spiro atoms. The fourth-order valence-corrected chi connectivity index (χ4v) is 3.34. The molecule has 0 aliphatic carbocycles. The van der Waals surface area contributed by atoms with Crippen molar-refractivity contribution in [3.63, 3.8) is 0 Å². The molecule has 2 atom stereocenters. The number of rotatable bonds is 13. The van der Waals surface area contributed by atoms with Crippen molar-refractivity contribution >= 4 is 17.9 Å². The minimum Gasteiger partial charge on any atom is -0.464 e. The number of carbonyl (C=O) groups excluding carboxylic acids is 2. The molecule has 0 saturated heterocycles. The van der Waals surface area contributed by atoms with Gasteiger partial charge in [-0.2, -0.15) is 0 Å². The second-order valence-electron chi connectivity index (χ2n) is 6.98. The molecule has 1 rings (SSSR count). The zero-order valence-electron chi connectivity index (χ0n) is 16.8. The number of nitrogens with one attached hydrogen (secondary N) is 1. The topological polar surface area (TPSA) is 55.4 Å². The predicted octanol–water partition coefficient (Wildman–Crippen LogP) is 5.29. The van der Waals surface area contributed by atoms with Crippen LogP contribution in [0.2, 0.25) is 0 Å². The first-order chi connectivity index (χ1) is 12.5. The largest absolute Gasteiger partial charge is 0.464 e. The van der Waals surface area contributed by atoms with Crippen LogP contribution < -0.4 is 5.32 Å². The lowest BCUT2D eigenvalue weighted by Gasteiger charge is -2.37. The number of esters is 1. The molecule has 0 aromatic heterocycles. The van der Waals surface area contributed by atoms with Gasteiger partial charge in [0, 0.05) is 11.6 Å². The van der Waals surface area contributed by atoms with Crippen molar-refractivity contribution in [3.05, 3.63) is 29.8 Å². The molecule has 0 bridgehead atoms. The summed E-state index contributed by atoms with van der Waals surface area (Å²) >= 11 is 0. The molecule has 0 amide bonds. The Morgan fingerprint density at radius 3 is 2.31 bits per heavy atom. The van der Waals surface area contributed by atoms with E-state index in [1.165, 1.54) is 19.3 Å². The van der Waals surface area contributed by atoms with E-state index in [1.807, 2.05) is 38.1 Å². The maximum absolute atomic E-state index is 12.9. The van der Waals surface area contributed by atoms with E-state index in [1.54, 1.807) is 6.92 Å². The molecule has 0 heterocycles. The molecule has 0 saturated carbocycles. The van der Waals surface area contributed by atoms with Crippen molar-refractivity contribution in [1.29, 1.82) is 0 Å². The summed E-state index contributed by atoms with van der Waals surface area (Å²) in [5, 5.41) is 3.35. The van der Waals surface area contributed by atoms with E-state index in [9.17, 15) is 9.59 Å². The van der Waals surface area contributed by atoms with Crippen LogP contribution in [0.1, 0.15) is 71.3 Å². The highest BCUT2D eigenvalue weighted by molar-refractivity contribution is 5.88. The molecule has 1 aromatic carbocycles. The number of unbranched alkanes of at least 4 members (excludes halogenated alkanes) is 4. The summed E-state index contributed by atoms with van der Waals surface area (Å²) in [5.74, 6) is -0.747. The van der Waals surface area contributed by atoms with Gasteiger partial charge < -0.3 is 14.8 Å². The number of hydrogen-bond acceptors (Lipinski definition) is 4. The van der Waals surface area contributed by atoms with Gasteiger partial charge in [-0.05, 0) is 38.8 Å². The highest BCUT2D eigenvalue weighted by atomic mass is 16.5. The Morgan fingerprint density at radius 2 is 1.77 bits per heavy atom. The van der Waals surface area contributed by atoms with Crippen LogP contribution in [-0.4, -0.2) is 24.4 Å². The van der Waals surface area contributed by atoms with Crippen LogP contribution >= 0.6 is 0 Å². The first kappa shape index (κ1) is 22.2. The maximum atomic E-state index is 12.9. The number of hydrogen-bond donors (Lipinski definition) is 1. The molecule has 1 N–H and O–H groups in total. The summed E-state index contributed by atoms with van der Waals surface area (Å²) in [7, 11) is 0. The molecule has 1 aromatic rings. The summed E-state index contributed by atoms with van der Waals surface area (Å²) in [5.41, 5.74) is 0.970. The fraction of sp³-hybridized carbons (Fsp3) is 0.636. The Kier molecular flexibility index (Phi) is 10.0. The average Bonchev–Trinajstić information content (AvgIpc) is 2.65. The first-order valence-corrected chi connectivity index (χ1v) is 10.0. The number of ether oxygens (including phenoxy) is 1. The number of anilines is 1. The lowest BCUT2D eigenvalue weighted by Crippen LogP contribution is -2.53. The molecular formula is C22H35NO3. The second-order valence-corrected chi connectivity index (χ2v) is 6.98. The summed E-state index contributed by atoms with van der Waals surface area (Å²) in [6.45, 7) is 8.24. The van der Waals surface area contributed by atoms with E-state index >= 15 is 0 Å². The van der Waals surface area contributed by atoms with Crippen LogP contribution in [0.15, 0.2) is 24.3 Å². The predicted molar refractivity (Wildman–Crippen MR) is 107 cm³/mol. The summed E-state index contributed by atoms with van der Waals surface area (Å²) in [6, 6.07) is 7.88. The third-order valence-corrected chi connectivity index (χ3v) is 5.03. The fourth-order valence-electron chi connectivity index (χ4n) is 3.34. The molecule has 26 heavy (non-hydrogen) atoms. The zero-order valence-corrected chi connectivity index (χ0v) is 16.8. The summed E-state index contributed by atoms with van der Waals surface area (Å²) in [6.07, 6.45) is 7.73. The lowest BCUT2D eigenvalue weighted by atomic mass is 9.78. The van der Waals surface area contributed by atoms with Crippen molar-refractivity contribution in [2.24, 2.45) is 5.92 Å². The lowest BCUT2D eigenvalue weighted by molar-refractivity contribution is -0.152. The van der Waals surface area contributed by atoms with Gasteiger partial charge in [0.15, 0.2) is 0 Å². The van der Waals surface area contributed by atoms with Gasteiger partial charge in [0.05, 0.1) is 6.61 Å². The minimum atomic E-state index is -1.02. The average molecular weight is 362 g/mol. The number of aryl methyl sites for hydroxylation is 1. The number of benzene rings is 1. The standard InChI is InChI=1S/C22H35NO3/c1-5-8-9-10-11-12-19(17-24)22(6-2,21(25)26-7-3)23-20-15-13-18(4)14-16-20/h13-17,19,23H,5-12H2,1-4H3/t19-,22+/m1/s1. The Bertz CT molecular complexity index is 541. The van der Waals surface area contributed by atoms with Gasteiger partial charge in [0.25, 0.3) is 0 Å². The van der Waals surface area contributed by atoms with Gasteiger partial charge in [0.1, 0.15) is 11.8 Å². The third-order valence-electron chi connectivity index (χ3n) is 5.03. The van der Waals surface area contributed by atoms with E-state index in [0.717, 1.165) is 30.4 Å². The van der Waals surface area contributed by atoms with E-state index in [2.05, 4.69) is 12.2 Å². The highest BCUT2D eigenvalue weighted by Crippen LogP contribution is 2.31. The van der Waals surface area contributed by atoms with Crippen LogP contribution in [0.25, 0.3) is 0 Å². The smallest absolute Gasteiger partial charge is 0.332 e. The van der Waals surface area contributed by atoms with E-state index in [-0.39, 0.29) is 5.97 Å². The molecular weight excluding hydrogens is 326 g/mol. The molecule has 0 unspecified atom stereocenters. The van der Waals surface area contributed by atoms with Crippen molar-refractivity contribution in [1.82, 2.24) is 0 Å². The van der Waals surface area contributed by atoms with E-state index < -0.39 is 11.5 Å². The quantitative estimate of drug-likeness (QED) is 0.294.